The van der Waals surface area contributed by atoms with Crippen LogP contribution < -0.4 is 5.32 Å². The first kappa shape index (κ1) is 25.5. The Hall–Kier alpha value is -1.73. The van der Waals surface area contributed by atoms with Gasteiger partial charge in [-0.2, -0.15) is 0 Å². The summed E-state index contributed by atoms with van der Waals surface area (Å²) in [7, 11) is 0. The van der Waals surface area contributed by atoms with E-state index in [2.05, 4.69) is 26.1 Å². The number of hydroxylamine groups is 2. The van der Waals surface area contributed by atoms with Gasteiger partial charge in [0.1, 0.15) is 5.82 Å². The molecule has 0 aromatic heterocycles. The van der Waals surface area contributed by atoms with Gasteiger partial charge in [-0.05, 0) is 117 Å². The summed E-state index contributed by atoms with van der Waals surface area (Å²) < 4.78 is 19.4. The Morgan fingerprint density at radius 2 is 1.97 bits per heavy atom. The van der Waals surface area contributed by atoms with E-state index < -0.39 is 5.41 Å². The summed E-state index contributed by atoms with van der Waals surface area (Å²) in [4.78, 5) is 19.6. The predicted molar refractivity (Wildman–Crippen MR) is 145 cm³/mol. The highest BCUT2D eigenvalue weighted by atomic mass is 32.1. The van der Waals surface area contributed by atoms with Gasteiger partial charge in [-0.1, -0.05) is 26.3 Å². The summed E-state index contributed by atoms with van der Waals surface area (Å²) in [6.07, 6.45) is 8.97. The summed E-state index contributed by atoms with van der Waals surface area (Å²) in [5.41, 5.74) is 0.708. The number of ether oxygens (including phenoxy) is 1. The molecule has 1 aromatic carbocycles. The number of nitrogens with one attached hydrogen (secondary N) is 1. The quantitative estimate of drug-likeness (QED) is 0.347. The Labute approximate surface area is 225 Å². The SMILES string of the molecule is CCOC(=O)[C@]1(C)CCC[C@@]2(C)[C@@H]3CC[C@@]4(C)C[C@]3(CC[C@@H]21)[C@@H]1CON(C(=S)Nc2cccc(F)c2)[C@@H]14. The van der Waals surface area contributed by atoms with Crippen LogP contribution in [-0.4, -0.2) is 35.4 Å². The molecule has 6 rings (SSSR count). The number of esters is 1. The van der Waals surface area contributed by atoms with Gasteiger partial charge in [-0.15, -0.1) is 0 Å². The zero-order valence-electron chi connectivity index (χ0n) is 22.6. The van der Waals surface area contributed by atoms with Gasteiger partial charge in [0.2, 0.25) is 0 Å². The van der Waals surface area contributed by atoms with E-state index in [0.717, 1.165) is 32.1 Å². The van der Waals surface area contributed by atoms with Crippen molar-refractivity contribution in [3.8, 4) is 0 Å². The van der Waals surface area contributed by atoms with Crippen LogP contribution in [0.4, 0.5) is 10.1 Å². The summed E-state index contributed by atoms with van der Waals surface area (Å²) in [6, 6.07) is 6.64. The minimum atomic E-state index is -0.391. The highest BCUT2D eigenvalue weighted by Gasteiger charge is 2.73. The van der Waals surface area contributed by atoms with Crippen molar-refractivity contribution in [3.63, 3.8) is 0 Å². The average molecular weight is 529 g/mol. The fourth-order valence-corrected chi connectivity index (χ4v) is 10.7. The maximum absolute atomic E-state index is 13.8. The molecule has 1 heterocycles. The van der Waals surface area contributed by atoms with Crippen molar-refractivity contribution in [2.75, 3.05) is 18.5 Å². The molecule has 5 nitrogen and oxygen atoms in total. The Morgan fingerprint density at radius 1 is 1.19 bits per heavy atom. The van der Waals surface area contributed by atoms with Crippen molar-refractivity contribution >= 4 is 29.0 Å². The molecule has 1 N–H and O–H groups in total. The summed E-state index contributed by atoms with van der Waals surface area (Å²) >= 11 is 5.83. The third kappa shape index (κ3) is 3.55. The van der Waals surface area contributed by atoms with Crippen LogP contribution in [0.1, 0.15) is 79.1 Å². The normalized spacial score (nSPS) is 44.0. The molecule has 37 heavy (non-hydrogen) atoms. The summed E-state index contributed by atoms with van der Waals surface area (Å²) in [5, 5.41) is 5.71. The van der Waals surface area contributed by atoms with E-state index in [-0.39, 0.29) is 34.1 Å². The molecule has 7 heteroatoms. The van der Waals surface area contributed by atoms with Gasteiger partial charge in [-0.3, -0.25) is 9.63 Å². The van der Waals surface area contributed by atoms with E-state index in [1.807, 2.05) is 18.1 Å². The maximum Gasteiger partial charge on any atom is 0.312 e. The number of rotatable bonds is 3. The number of halogens is 1. The van der Waals surface area contributed by atoms with Crippen LogP contribution in [0.15, 0.2) is 24.3 Å². The summed E-state index contributed by atoms with van der Waals surface area (Å²) in [6.45, 7) is 10.2. The van der Waals surface area contributed by atoms with Gasteiger partial charge in [0, 0.05) is 11.6 Å². The maximum atomic E-state index is 13.8. The van der Waals surface area contributed by atoms with Gasteiger partial charge >= 0.3 is 5.97 Å². The second kappa shape index (κ2) is 8.64. The zero-order valence-corrected chi connectivity index (χ0v) is 23.5. The number of fused-ring (bicyclic) bond motifs is 5. The van der Waals surface area contributed by atoms with Crippen LogP contribution in [0.2, 0.25) is 0 Å². The number of carbonyl (C=O) groups excluding carboxylic acids is 1. The van der Waals surface area contributed by atoms with Gasteiger partial charge in [-0.25, -0.2) is 9.45 Å². The number of nitrogens with zero attached hydrogens (tertiary/aromatic N) is 1. The van der Waals surface area contributed by atoms with Gasteiger partial charge in [0.15, 0.2) is 5.11 Å². The first-order valence-electron chi connectivity index (χ1n) is 14.2. The van der Waals surface area contributed by atoms with Crippen molar-refractivity contribution in [1.29, 1.82) is 0 Å². The van der Waals surface area contributed by atoms with E-state index in [9.17, 15) is 9.18 Å². The van der Waals surface area contributed by atoms with Crippen LogP contribution in [0, 0.1) is 45.2 Å². The first-order chi connectivity index (χ1) is 17.6. The Kier molecular flexibility index (Phi) is 5.96. The molecule has 1 saturated heterocycles. The molecule has 4 aliphatic carbocycles. The molecule has 5 aliphatic rings. The Morgan fingerprint density at radius 3 is 2.73 bits per heavy atom. The molecule has 5 fully saturated rings. The van der Waals surface area contributed by atoms with Crippen molar-refractivity contribution < 1.29 is 18.8 Å². The highest BCUT2D eigenvalue weighted by Crippen LogP contribution is 2.76. The molecule has 1 aromatic rings. The topological polar surface area (TPSA) is 50.8 Å². The molecule has 4 saturated carbocycles. The molecule has 202 valence electrons. The van der Waals surface area contributed by atoms with Gasteiger partial charge in [0.25, 0.3) is 0 Å². The molecule has 1 aliphatic heterocycles. The number of benzene rings is 1. The highest BCUT2D eigenvalue weighted by molar-refractivity contribution is 7.80. The Balaban J connectivity index is 1.30. The first-order valence-corrected chi connectivity index (χ1v) is 14.6. The number of anilines is 1. The Bertz CT molecular complexity index is 1120. The molecular weight excluding hydrogens is 487 g/mol. The molecule has 0 radical (unpaired) electrons. The zero-order chi connectivity index (χ0) is 26.2. The molecule has 2 bridgehead atoms. The van der Waals surface area contributed by atoms with Crippen molar-refractivity contribution in [3.05, 3.63) is 30.1 Å². The van der Waals surface area contributed by atoms with Crippen molar-refractivity contribution in [1.82, 2.24) is 5.06 Å². The van der Waals surface area contributed by atoms with Crippen LogP contribution in [0.5, 0.6) is 0 Å². The second-order valence-electron chi connectivity index (χ2n) is 13.4. The fraction of sp³-hybridized carbons (Fsp3) is 0.733. The molecular formula is C30H41FN2O3S. The van der Waals surface area contributed by atoms with Crippen LogP contribution in [-0.2, 0) is 14.4 Å². The standard InChI is InChI=1S/C30H41FN2O3S/c1-5-35-25(34)29(4)13-7-12-28(3)22(29)11-15-30-18-27(2,14-10-23(28)30)24-21(30)17-36-33(24)26(37)32-20-9-6-8-19(31)16-20/h6,8-9,16,21-24H,5,7,10-15,17-18H2,1-4H3,(H,32,37)/t21-,22+,23+,24+,27+,28-,29-,30-/m1/s1. The van der Waals surface area contributed by atoms with E-state index >= 15 is 0 Å². The van der Waals surface area contributed by atoms with E-state index in [1.54, 1.807) is 6.07 Å². The number of carbonyl (C=O) groups is 1. The third-order valence-corrected chi connectivity index (χ3v) is 11.9. The second-order valence-corrected chi connectivity index (χ2v) is 13.7. The third-order valence-electron chi connectivity index (χ3n) is 11.6. The van der Waals surface area contributed by atoms with E-state index in [0.29, 0.717) is 41.8 Å². The molecule has 0 unspecified atom stereocenters. The smallest absolute Gasteiger partial charge is 0.312 e. The number of thiocarbonyl (C=S) groups is 1. The van der Waals surface area contributed by atoms with Crippen molar-refractivity contribution in [2.24, 2.45) is 39.4 Å². The van der Waals surface area contributed by atoms with Crippen LogP contribution >= 0.6 is 12.2 Å². The molecule has 1 spiro atoms. The summed E-state index contributed by atoms with van der Waals surface area (Å²) in [5.74, 6) is 1.07. The lowest BCUT2D eigenvalue weighted by atomic mass is 9.39. The van der Waals surface area contributed by atoms with Crippen LogP contribution in [0.3, 0.4) is 0 Å². The average Bonchev–Trinajstić information content (AvgIpc) is 3.37. The lowest BCUT2D eigenvalue weighted by molar-refractivity contribution is -0.195. The molecule has 0 amide bonds. The lowest BCUT2D eigenvalue weighted by Crippen LogP contribution is -2.60. The van der Waals surface area contributed by atoms with Crippen molar-refractivity contribution in [2.45, 2.75) is 85.1 Å². The minimum Gasteiger partial charge on any atom is -0.466 e. The van der Waals surface area contributed by atoms with Gasteiger partial charge < -0.3 is 10.1 Å². The fourth-order valence-electron chi connectivity index (χ4n) is 10.4. The number of hydrogen-bond acceptors (Lipinski definition) is 4. The largest absolute Gasteiger partial charge is 0.466 e. The van der Waals surface area contributed by atoms with E-state index in [1.165, 1.54) is 31.4 Å². The van der Waals surface area contributed by atoms with Gasteiger partial charge in [0.05, 0.1) is 24.7 Å². The molecule has 8 atom stereocenters. The monoisotopic (exact) mass is 528 g/mol. The van der Waals surface area contributed by atoms with Crippen LogP contribution in [0.25, 0.3) is 0 Å². The lowest BCUT2D eigenvalue weighted by Gasteiger charge is -2.64. The predicted octanol–water partition coefficient (Wildman–Crippen LogP) is 6.73. The number of hydrogen-bond donors (Lipinski definition) is 1. The minimum absolute atomic E-state index is 0.0102. The van der Waals surface area contributed by atoms with E-state index in [4.69, 9.17) is 21.8 Å².